The van der Waals surface area contributed by atoms with E-state index >= 15 is 0 Å². The van der Waals surface area contributed by atoms with Crippen LogP contribution in [0.3, 0.4) is 0 Å². The highest BCUT2D eigenvalue weighted by Gasteiger charge is 2.55. The van der Waals surface area contributed by atoms with E-state index in [0.29, 0.717) is 5.57 Å². The molecule has 0 saturated carbocycles. The number of β-lactam (4-membered cyclic amide) rings is 1. The number of hydrogen-bond acceptors (Lipinski definition) is 12. The Hall–Kier alpha value is -2.37. The van der Waals surface area contributed by atoms with Gasteiger partial charge in [0.15, 0.2) is 5.25 Å². The summed E-state index contributed by atoms with van der Waals surface area (Å²) in [5.74, 6) is -2.51. The van der Waals surface area contributed by atoms with Gasteiger partial charge in [-0.2, -0.15) is 23.6 Å². The van der Waals surface area contributed by atoms with Crippen molar-refractivity contribution < 1.29 is 32.5 Å². The molecule has 0 radical (unpaired) electrons. The van der Waals surface area contributed by atoms with Crippen LogP contribution >= 0.6 is 35.3 Å². The van der Waals surface area contributed by atoms with Gasteiger partial charge in [-0.05, 0) is 23.5 Å². The molecule has 2 aliphatic rings. The first-order valence-electron chi connectivity index (χ1n) is 9.33. The molecule has 3 unspecified atom stereocenters. The second kappa shape index (κ2) is 10.9. The zero-order valence-electron chi connectivity index (χ0n) is 17.2. The minimum atomic E-state index is -4.47. The van der Waals surface area contributed by atoms with Crippen molar-refractivity contribution in [3.8, 4) is 6.07 Å². The summed E-state index contributed by atoms with van der Waals surface area (Å²) in [6, 6.07) is 0.834. The molecule has 184 valence electrons. The number of nitriles is 1. The molecule has 34 heavy (non-hydrogen) atoms. The highest BCUT2D eigenvalue weighted by Crippen LogP contribution is 2.44. The minimum Gasteiger partial charge on any atom is -0.477 e. The lowest BCUT2D eigenvalue weighted by Gasteiger charge is -2.50. The molecule has 0 aliphatic carbocycles. The van der Waals surface area contributed by atoms with Gasteiger partial charge in [0.05, 0.1) is 6.07 Å². The first-order valence-corrected chi connectivity index (χ1v) is 14.0. The van der Waals surface area contributed by atoms with Gasteiger partial charge >= 0.3 is 16.3 Å². The Labute approximate surface area is 205 Å². The van der Waals surface area contributed by atoms with E-state index < -0.39 is 50.0 Å². The summed E-state index contributed by atoms with van der Waals surface area (Å²) < 4.78 is 32.9. The minimum absolute atomic E-state index is 0.0378. The first kappa shape index (κ1) is 26.2. The number of hydrogen-bond donors (Lipinski definition) is 5. The van der Waals surface area contributed by atoms with Gasteiger partial charge in [-0.1, -0.05) is 11.8 Å². The Morgan fingerprint density at radius 1 is 1.47 bits per heavy atom. The lowest BCUT2D eigenvalue weighted by atomic mass is 10.00. The van der Waals surface area contributed by atoms with Crippen LogP contribution < -0.4 is 10.0 Å². The number of carbonyl (C=O) groups is 3. The standard InChI is InChI=1S/C15H18N8O7S4/c1-31-8(4-16)11(24)18-9-12(25)23-10(14(26)27)6(5-32-13(9)23)7(2-3-17-34(28,29)30)33-15-19-21-22-20-15/h7-9,13,17H,2-3,5H2,1H3,(H,18,24)(H,26,27)(H,28,29,30)(H,19,20,21,22)/t7?,8?,9?,13-/m0/s1. The molecule has 0 bridgehead atoms. The fraction of sp³-hybridized carbons (Fsp3) is 0.533. The molecule has 4 atom stereocenters. The molecule has 1 aromatic heterocycles. The fourth-order valence-corrected chi connectivity index (χ4v) is 6.59. The molecule has 3 rings (SSSR count). The number of amides is 2. The van der Waals surface area contributed by atoms with Gasteiger partial charge in [0.25, 0.3) is 5.91 Å². The molecule has 15 nitrogen and oxygen atoms in total. The Morgan fingerprint density at radius 2 is 2.21 bits per heavy atom. The third kappa shape index (κ3) is 5.81. The summed E-state index contributed by atoms with van der Waals surface area (Å²) >= 11 is 3.24. The zero-order chi connectivity index (χ0) is 25.0. The maximum absolute atomic E-state index is 12.8. The summed E-state index contributed by atoms with van der Waals surface area (Å²) in [5, 5.41) is 32.6. The van der Waals surface area contributed by atoms with Crippen LogP contribution in [-0.4, -0.2) is 102 Å². The highest BCUT2D eigenvalue weighted by atomic mass is 32.2. The van der Waals surface area contributed by atoms with Gasteiger partial charge in [-0.15, -0.1) is 33.7 Å². The molecular weight excluding hydrogens is 532 g/mol. The predicted molar refractivity (Wildman–Crippen MR) is 121 cm³/mol. The highest BCUT2D eigenvalue weighted by molar-refractivity contribution is 8.01. The van der Waals surface area contributed by atoms with Crippen LogP contribution in [0.15, 0.2) is 16.4 Å². The molecule has 1 aromatic rings. The average molecular weight is 551 g/mol. The second-order valence-corrected chi connectivity index (χ2v) is 11.2. The Balaban J connectivity index is 1.86. The molecule has 2 aliphatic heterocycles. The molecule has 5 N–H and O–H groups in total. The van der Waals surface area contributed by atoms with E-state index in [2.05, 4.69) is 25.9 Å². The third-order valence-corrected chi connectivity index (χ3v) is 8.59. The van der Waals surface area contributed by atoms with E-state index in [-0.39, 0.29) is 29.6 Å². The predicted octanol–water partition coefficient (Wildman–Crippen LogP) is -1.56. The molecular formula is C15H18N8O7S4. The molecule has 0 spiro atoms. The molecule has 1 saturated heterocycles. The van der Waals surface area contributed by atoms with Gasteiger partial charge < -0.3 is 10.4 Å². The van der Waals surface area contributed by atoms with Gasteiger partial charge in [-0.25, -0.2) is 4.79 Å². The molecule has 19 heteroatoms. The second-order valence-electron chi connectivity index (χ2n) is 6.78. The number of carboxylic acids is 1. The number of aromatic amines is 1. The smallest absolute Gasteiger partial charge is 0.352 e. The van der Waals surface area contributed by atoms with E-state index in [9.17, 15) is 27.9 Å². The van der Waals surface area contributed by atoms with Gasteiger partial charge in [0.2, 0.25) is 11.1 Å². The Kier molecular flexibility index (Phi) is 8.43. The maximum atomic E-state index is 12.8. The van der Waals surface area contributed by atoms with Gasteiger partial charge in [-0.3, -0.25) is 19.0 Å². The van der Waals surface area contributed by atoms with Crippen LogP contribution in [0.2, 0.25) is 0 Å². The summed E-state index contributed by atoms with van der Waals surface area (Å²) in [6.45, 7) is -0.226. The first-order chi connectivity index (χ1) is 16.1. The van der Waals surface area contributed by atoms with Crippen molar-refractivity contribution in [3.05, 3.63) is 11.3 Å². The zero-order valence-corrected chi connectivity index (χ0v) is 20.5. The third-order valence-electron chi connectivity index (χ3n) is 4.74. The molecule has 1 fully saturated rings. The van der Waals surface area contributed by atoms with Crippen LogP contribution in [0, 0.1) is 11.3 Å². The Bertz CT molecular complexity index is 1140. The number of fused-ring (bicyclic) bond motifs is 1. The lowest BCUT2D eigenvalue weighted by molar-refractivity contribution is -0.150. The van der Waals surface area contributed by atoms with E-state index in [0.717, 1.165) is 28.4 Å². The van der Waals surface area contributed by atoms with Gasteiger partial charge in [0, 0.05) is 17.5 Å². The van der Waals surface area contributed by atoms with E-state index in [4.69, 9.17) is 9.81 Å². The summed E-state index contributed by atoms with van der Waals surface area (Å²) in [5.41, 5.74) is 0.0339. The van der Waals surface area contributed by atoms with Gasteiger partial charge in [0.1, 0.15) is 17.1 Å². The van der Waals surface area contributed by atoms with E-state index in [1.54, 1.807) is 6.26 Å². The summed E-state index contributed by atoms with van der Waals surface area (Å²) in [4.78, 5) is 38.3. The number of thioether (sulfide) groups is 3. The topological polar surface area (TPSA) is 231 Å². The number of nitrogens with zero attached hydrogens (tertiary/aromatic N) is 5. The average Bonchev–Trinajstić information content (AvgIpc) is 3.28. The van der Waals surface area contributed by atoms with Crippen molar-refractivity contribution in [1.82, 2.24) is 35.6 Å². The summed E-state index contributed by atoms with van der Waals surface area (Å²) in [7, 11) is -4.47. The van der Waals surface area contributed by atoms with E-state index in [1.165, 1.54) is 11.8 Å². The van der Waals surface area contributed by atoms with Crippen LogP contribution in [0.25, 0.3) is 0 Å². The number of carboxylic acid groups (broad SMARTS) is 1. The van der Waals surface area contributed by atoms with Crippen LogP contribution in [0.4, 0.5) is 0 Å². The lowest BCUT2D eigenvalue weighted by Crippen LogP contribution is -2.71. The number of H-pyrrole nitrogens is 1. The number of aliphatic carboxylic acids is 1. The number of nitrogens with one attached hydrogen (secondary N) is 3. The SMILES string of the molecule is CSC(C#N)C(=O)NC1C(=O)N2C(C(=O)O)=C(C(CCNS(=O)(=O)O)Sc3nn[nH]n3)CS[C@@H]12. The quantitative estimate of drug-likeness (QED) is 0.119. The van der Waals surface area contributed by atoms with Crippen LogP contribution in [0.5, 0.6) is 0 Å². The number of carbonyl (C=O) groups excluding carboxylic acids is 2. The number of rotatable bonds is 11. The van der Waals surface area contributed by atoms with Crippen molar-refractivity contribution >= 4 is 63.4 Å². The Morgan fingerprint density at radius 3 is 2.76 bits per heavy atom. The van der Waals surface area contributed by atoms with Crippen molar-refractivity contribution in [2.45, 2.75) is 33.5 Å². The largest absolute Gasteiger partial charge is 0.477 e. The number of aromatic nitrogens is 4. The van der Waals surface area contributed by atoms with Crippen LogP contribution in [-0.2, 0) is 24.7 Å². The normalized spacial score (nSPS) is 21.8. The molecule has 2 amide bonds. The van der Waals surface area contributed by atoms with Crippen molar-refractivity contribution in [2.75, 3.05) is 18.6 Å². The molecule has 0 aromatic carbocycles. The van der Waals surface area contributed by atoms with Crippen molar-refractivity contribution in [2.24, 2.45) is 0 Å². The summed E-state index contributed by atoms with van der Waals surface area (Å²) in [6.07, 6.45) is 1.61. The van der Waals surface area contributed by atoms with E-state index in [1.807, 2.05) is 10.8 Å². The fourth-order valence-electron chi connectivity index (χ4n) is 3.29. The van der Waals surface area contributed by atoms with Crippen LogP contribution in [0.1, 0.15) is 6.42 Å². The molecule has 3 heterocycles. The monoisotopic (exact) mass is 550 g/mol. The van der Waals surface area contributed by atoms with Crippen molar-refractivity contribution in [3.63, 3.8) is 0 Å². The maximum Gasteiger partial charge on any atom is 0.352 e. The van der Waals surface area contributed by atoms with Crippen molar-refractivity contribution in [1.29, 1.82) is 5.26 Å². The number of tetrazole rings is 1.